The monoisotopic (exact) mass is 662 g/mol. The summed E-state index contributed by atoms with van der Waals surface area (Å²) in [5.74, 6) is -0.235. The van der Waals surface area contributed by atoms with Gasteiger partial charge in [-0.3, -0.25) is 19.3 Å². The Hall–Kier alpha value is -1.60. The van der Waals surface area contributed by atoms with Crippen molar-refractivity contribution in [3.05, 3.63) is 59.1 Å². The van der Waals surface area contributed by atoms with Gasteiger partial charge in [0.2, 0.25) is 5.91 Å². The molecule has 3 rings (SSSR count). The predicted octanol–water partition coefficient (Wildman–Crippen LogP) is 5.59. The first-order valence-electron chi connectivity index (χ1n) is 9.44. The molecule has 3 amide bonds. The third-order valence-electron chi connectivity index (χ3n) is 4.67. The molecule has 0 saturated carbocycles. The van der Waals surface area contributed by atoms with Gasteiger partial charge in [0.15, 0.2) is 0 Å². The minimum absolute atomic E-state index is 0.267. The molecule has 1 aliphatic heterocycles. The molecule has 0 radical (unpaired) electrons. The van der Waals surface area contributed by atoms with Crippen LogP contribution in [-0.2, 0) is 9.59 Å². The summed E-state index contributed by atoms with van der Waals surface area (Å²) in [4.78, 5) is 39.1. The van der Waals surface area contributed by atoms with Crippen LogP contribution in [0.4, 0.5) is 10.5 Å². The highest BCUT2D eigenvalue weighted by Crippen LogP contribution is 2.36. The van der Waals surface area contributed by atoms with Crippen molar-refractivity contribution in [2.45, 2.75) is 20.8 Å². The van der Waals surface area contributed by atoms with E-state index in [1.54, 1.807) is 12.1 Å². The Morgan fingerprint density at radius 1 is 1.23 bits per heavy atom. The summed E-state index contributed by atoms with van der Waals surface area (Å²) in [7, 11) is 0. The number of aryl methyl sites for hydroxylation is 1. The van der Waals surface area contributed by atoms with Gasteiger partial charge in [-0.15, -0.1) is 0 Å². The van der Waals surface area contributed by atoms with E-state index in [1.165, 1.54) is 0 Å². The second-order valence-electron chi connectivity index (χ2n) is 6.80. The lowest BCUT2D eigenvalue weighted by Gasteiger charge is -2.14. The number of benzene rings is 2. The molecule has 1 saturated heterocycles. The van der Waals surface area contributed by atoms with Gasteiger partial charge in [-0.1, -0.05) is 12.1 Å². The number of halogens is 2. The number of imide groups is 1. The molecule has 0 spiro atoms. The molecule has 0 aromatic heterocycles. The zero-order valence-corrected chi connectivity index (χ0v) is 22.3. The van der Waals surface area contributed by atoms with Crippen molar-refractivity contribution in [3.8, 4) is 5.75 Å². The largest absolute Gasteiger partial charge is 0.492 e. The van der Waals surface area contributed by atoms with Gasteiger partial charge in [0, 0.05) is 14.8 Å². The van der Waals surface area contributed by atoms with Crippen LogP contribution in [0.25, 0.3) is 6.08 Å². The first kappa shape index (κ1) is 24.1. The van der Waals surface area contributed by atoms with Crippen LogP contribution in [0.3, 0.4) is 0 Å². The number of hydrogen-bond acceptors (Lipinski definition) is 5. The van der Waals surface area contributed by atoms with E-state index in [-0.39, 0.29) is 11.4 Å². The minimum Gasteiger partial charge on any atom is -0.492 e. The lowest BCUT2D eigenvalue weighted by atomic mass is 10.1. The van der Waals surface area contributed by atoms with Gasteiger partial charge in [-0.2, -0.15) is 0 Å². The molecule has 0 atom stereocenters. The topological polar surface area (TPSA) is 75.7 Å². The fourth-order valence-electron chi connectivity index (χ4n) is 2.98. The van der Waals surface area contributed by atoms with Crippen LogP contribution in [0.1, 0.15) is 23.6 Å². The molecule has 2 aromatic carbocycles. The van der Waals surface area contributed by atoms with Crippen molar-refractivity contribution < 1.29 is 19.1 Å². The number of carbonyl (C=O) groups is 3. The Balaban J connectivity index is 1.80. The zero-order valence-electron chi connectivity index (χ0n) is 17.1. The van der Waals surface area contributed by atoms with Gasteiger partial charge in [0.1, 0.15) is 12.3 Å². The lowest BCUT2D eigenvalue weighted by Crippen LogP contribution is -2.36. The first-order valence-corrected chi connectivity index (χ1v) is 12.4. The van der Waals surface area contributed by atoms with Gasteiger partial charge in [0.05, 0.1) is 15.1 Å². The van der Waals surface area contributed by atoms with Crippen LogP contribution in [0, 0.1) is 21.0 Å². The summed E-state index contributed by atoms with van der Waals surface area (Å²) in [6.45, 7) is 5.90. The fraction of sp³-hybridized carbons (Fsp3) is 0.227. The van der Waals surface area contributed by atoms with Crippen LogP contribution >= 0.6 is 56.9 Å². The van der Waals surface area contributed by atoms with Crippen LogP contribution < -0.4 is 10.1 Å². The van der Waals surface area contributed by atoms with E-state index in [2.05, 4.69) is 50.5 Å². The van der Waals surface area contributed by atoms with Crippen LogP contribution in [0.15, 0.2) is 35.2 Å². The van der Waals surface area contributed by atoms with E-state index in [9.17, 15) is 14.4 Å². The molecular weight excluding hydrogens is 642 g/mol. The van der Waals surface area contributed by atoms with Gasteiger partial charge in [-0.25, -0.2) is 0 Å². The maximum Gasteiger partial charge on any atom is 0.294 e. The third-order valence-corrected chi connectivity index (χ3v) is 7.00. The van der Waals surface area contributed by atoms with Crippen LogP contribution in [0.2, 0.25) is 0 Å². The van der Waals surface area contributed by atoms with Gasteiger partial charge in [0.25, 0.3) is 11.1 Å². The summed E-state index contributed by atoms with van der Waals surface area (Å²) in [6, 6.07) is 9.47. The molecule has 31 heavy (non-hydrogen) atoms. The maximum absolute atomic E-state index is 12.9. The first-order chi connectivity index (χ1) is 14.7. The van der Waals surface area contributed by atoms with E-state index in [1.807, 2.05) is 45.0 Å². The number of carbonyl (C=O) groups excluding carboxylic acids is 3. The van der Waals surface area contributed by atoms with E-state index < -0.39 is 17.1 Å². The second-order valence-corrected chi connectivity index (χ2v) is 10.2. The van der Waals surface area contributed by atoms with Crippen molar-refractivity contribution in [1.29, 1.82) is 0 Å². The van der Waals surface area contributed by atoms with Gasteiger partial charge >= 0.3 is 0 Å². The number of nitrogens with zero attached hydrogens (tertiary/aromatic N) is 1. The van der Waals surface area contributed by atoms with Crippen molar-refractivity contribution >= 4 is 85.8 Å². The molecule has 6 nitrogen and oxygen atoms in total. The van der Waals surface area contributed by atoms with Crippen molar-refractivity contribution in [3.63, 3.8) is 0 Å². The SMILES string of the molecule is CCOc1c(I)cc(I)cc1/C=C1/SC(=O)N(CC(=O)Nc2cccc(C)c2C)C1=O. The molecule has 1 aliphatic rings. The van der Waals surface area contributed by atoms with Crippen molar-refractivity contribution in [2.24, 2.45) is 0 Å². The molecule has 0 bridgehead atoms. The number of ether oxygens (including phenoxy) is 1. The summed E-state index contributed by atoms with van der Waals surface area (Å²) in [6.07, 6.45) is 1.66. The Bertz CT molecular complexity index is 1100. The summed E-state index contributed by atoms with van der Waals surface area (Å²) in [5, 5.41) is 2.32. The Morgan fingerprint density at radius 2 is 1.97 bits per heavy atom. The quantitative estimate of drug-likeness (QED) is 0.323. The molecule has 9 heteroatoms. The number of rotatable bonds is 6. The number of anilines is 1. The molecule has 2 aromatic rings. The van der Waals surface area contributed by atoms with Crippen LogP contribution in [0.5, 0.6) is 5.75 Å². The summed E-state index contributed by atoms with van der Waals surface area (Å²) >= 11 is 5.21. The number of nitrogens with one attached hydrogen (secondary N) is 1. The highest BCUT2D eigenvalue weighted by atomic mass is 127. The van der Waals surface area contributed by atoms with Gasteiger partial charge < -0.3 is 10.1 Å². The third kappa shape index (κ3) is 5.61. The second kappa shape index (κ2) is 10.3. The van der Waals surface area contributed by atoms with E-state index in [0.29, 0.717) is 18.0 Å². The fourth-order valence-corrected chi connectivity index (χ4v) is 5.86. The van der Waals surface area contributed by atoms with E-state index in [0.717, 1.165) is 40.5 Å². The highest BCUT2D eigenvalue weighted by molar-refractivity contribution is 14.1. The van der Waals surface area contributed by atoms with Crippen molar-refractivity contribution in [2.75, 3.05) is 18.5 Å². The smallest absolute Gasteiger partial charge is 0.294 e. The van der Waals surface area contributed by atoms with Crippen LogP contribution in [-0.4, -0.2) is 35.1 Å². The van der Waals surface area contributed by atoms with Crippen molar-refractivity contribution in [1.82, 2.24) is 4.90 Å². The molecule has 0 unspecified atom stereocenters. The molecule has 0 aliphatic carbocycles. The molecule has 1 N–H and O–H groups in total. The highest BCUT2D eigenvalue weighted by Gasteiger charge is 2.36. The normalized spacial score (nSPS) is 15.0. The molecular formula is C22H20I2N2O4S. The number of hydrogen-bond donors (Lipinski definition) is 1. The minimum atomic E-state index is -0.484. The molecule has 162 valence electrons. The Kier molecular flexibility index (Phi) is 8.03. The van der Waals surface area contributed by atoms with Gasteiger partial charge in [-0.05, 0) is 113 Å². The summed E-state index contributed by atoms with van der Waals surface area (Å²) in [5.41, 5.74) is 3.39. The maximum atomic E-state index is 12.9. The average molecular weight is 662 g/mol. The number of amides is 3. The molecule has 1 fully saturated rings. The van der Waals surface area contributed by atoms with E-state index in [4.69, 9.17) is 4.74 Å². The predicted molar refractivity (Wildman–Crippen MR) is 140 cm³/mol. The lowest BCUT2D eigenvalue weighted by molar-refractivity contribution is -0.127. The summed E-state index contributed by atoms with van der Waals surface area (Å²) < 4.78 is 7.65. The zero-order chi connectivity index (χ0) is 22.7. The average Bonchev–Trinajstić information content (AvgIpc) is 2.95. The molecule has 1 heterocycles. The Labute approximate surface area is 212 Å². The van der Waals surface area contributed by atoms with E-state index >= 15 is 0 Å². The standard InChI is InChI=1S/C22H20I2N2O4S/c1-4-30-20-14(8-15(23)10-16(20)24)9-18-21(28)26(22(29)31-18)11-19(27)25-17-7-5-6-12(2)13(17)3/h5-10H,4,11H2,1-3H3,(H,25,27)/b18-9+. The number of thioether (sulfide) groups is 1. The Morgan fingerprint density at radius 3 is 2.68 bits per heavy atom.